The Morgan fingerprint density at radius 2 is 1.62 bits per heavy atom. The first kappa shape index (κ1) is 16.3. The van der Waals surface area contributed by atoms with Crippen molar-refractivity contribution in [2.75, 3.05) is 5.32 Å². The lowest BCUT2D eigenvalue weighted by Crippen LogP contribution is -2.00. The van der Waals surface area contributed by atoms with Gasteiger partial charge in [0.2, 0.25) is 0 Å². The fourth-order valence-corrected chi connectivity index (χ4v) is 2.39. The predicted molar refractivity (Wildman–Crippen MR) is 96.0 cm³/mol. The summed E-state index contributed by atoms with van der Waals surface area (Å²) in [6, 6.07) is 21.8. The SMILES string of the molecule is Fc1ccc(COc2cccc(CNc3ccc(Cl)cc3)c2)cc1. The Morgan fingerprint density at radius 1 is 0.875 bits per heavy atom. The lowest BCUT2D eigenvalue weighted by atomic mass is 10.2. The highest BCUT2D eigenvalue weighted by atomic mass is 35.5. The fourth-order valence-electron chi connectivity index (χ4n) is 2.26. The van der Waals surface area contributed by atoms with Crippen LogP contribution in [-0.2, 0) is 13.2 Å². The molecule has 0 unspecified atom stereocenters. The van der Waals surface area contributed by atoms with E-state index in [2.05, 4.69) is 5.32 Å². The lowest BCUT2D eigenvalue weighted by Gasteiger charge is -2.10. The van der Waals surface area contributed by atoms with Crippen LogP contribution in [0.3, 0.4) is 0 Å². The smallest absolute Gasteiger partial charge is 0.123 e. The van der Waals surface area contributed by atoms with Gasteiger partial charge in [-0.05, 0) is 59.7 Å². The monoisotopic (exact) mass is 341 g/mol. The zero-order valence-electron chi connectivity index (χ0n) is 13.0. The van der Waals surface area contributed by atoms with Gasteiger partial charge in [0.05, 0.1) is 0 Å². The van der Waals surface area contributed by atoms with Crippen LogP contribution in [0.2, 0.25) is 5.02 Å². The molecule has 3 rings (SSSR count). The van der Waals surface area contributed by atoms with Crippen LogP contribution in [0.25, 0.3) is 0 Å². The standard InChI is InChI=1S/C20H17ClFNO/c21-17-6-10-19(11-7-17)23-13-16-2-1-3-20(12-16)24-14-15-4-8-18(22)9-5-15/h1-12,23H,13-14H2. The zero-order chi connectivity index (χ0) is 16.8. The summed E-state index contributed by atoms with van der Waals surface area (Å²) in [6.45, 7) is 1.10. The molecule has 0 radical (unpaired) electrons. The van der Waals surface area contributed by atoms with Crippen LogP contribution in [-0.4, -0.2) is 0 Å². The maximum absolute atomic E-state index is 12.9. The van der Waals surface area contributed by atoms with Crippen LogP contribution >= 0.6 is 11.6 Å². The highest BCUT2D eigenvalue weighted by molar-refractivity contribution is 6.30. The van der Waals surface area contributed by atoms with Crippen LogP contribution in [0.4, 0.5) is 10.1 Å². The number of ether oxygens (including phenoxy) is 1. The normalized spacial score (nSPS) is 10.4. The summed E-state index contributed by atoms with van der Waals surface area (Å²) < 4.78 is 18.7. The van der Waals surface area contributed by atoms with E-state index in [0.29, 0.717) is 13.2 Å². The van der Waals surface area contributed by atoms with E-state index in [0.717, 1.165) is 27.6 Å². The number of hydrogen-bond donors (Lipinski definition) is 1. The molecule has 0 bridgehead atoms. The third-order valence-corrected chi connectivity index (χ3v) is 3.81. The number of rotatable bonds is 6. The van der Waals surface area contributed by atoms with Crippen LogP contribution < -0.4 is 10.1 Å². The maximum Gasteiger partial charge on any atom is 0.123 e. The molecular formula is C20H17ClFNO. The van der Waals surface area contributed by atoms with Gasteiger partial charge in [0.15, 0.2) is 0 Å². The quantitative estimate of drug-likeness (QED) is 0.623. The molecule has 24 heavy (non-hydrogen) atoms. The van der Waals surface area contributed by atoms with Crippen molar-refractivity contribution in [2.24, 2.45) is 0 Å². The van der Waals surface area contributed by atoms with Gasteiger partial charge < -0.3 is 10.1 Å². The molecule has 0 saturated carbocycles. The first-order valence-electron chi connectivity index (χ1n) is 7.65. The highest BCUT2D eigenvalue weighted by Crippen LogP contribution is 2.18. The molecule has 0 aliphatic rings. The van der Waals surface area contributed by atoms with Gasteiger partial charge in [-0.3, -0.25) is 0 Å². The van der Waals surface area contributed by atoms with Crippen molar-refractivity contribution in [3.05, 3.63) is 94.8 Å². The van der Waals surface area contributed by atoms with Crippen LogP contribution in [0, 0.1) is 5.82 Å². The molecule has 3 aromatic carbocycles. The molecule has 0 atom stereocenters. The summed E-state index contributed by atoms with van der Waals surface area (Å²) >= 11 is 5.88. The Bertz CT molecular complexity index is 723. The van der Waals surface area contributed by atoms with E-state index in [1.807, 2.05) is 48.5 Å². The fraction of sp³-hybridized carbons (Fsp3) is 0.100. The number of nitrogens with one attached hydrogen (secondary N) is 1. The third kappa shape index (κ3) is 4.74. The molecule has 122 valence electrons. The molecule has 4 heteroatoms. The second-order valence-corrected chi connectivity index (χ2v) is 5.86. The predicted octanol–water partition coefficient (Wildman–Crippen LogP) is 5.67. The lowest BCUT2D eigenvalue weighted by molar-refractivity contribution is 0.306. The van der Waals surface area contributed by atoms with E-state index in [1.54, 1.807) is 12.1 Å². The van der Waals surface area contributed by atoms with Gasteiger partial charge in [-0.2, -0.15) is 0 Å². The number of benzene rings is 3. The van der Waals surface area contributed by atoms with E-state index in [4.69, 9.17) is 16.3 Å². The molecule has 2 nitrogen and oxygen atoms in total. The second-order valence-electron chi connectivity index (χ2n) is 5.42. The molecule has 3 aromatic rings. The molecule has 0 saturated heterocycles. The van der Waals surface area contributed by atoms with Gasteiger partial charge in [-0.15, -0.1) is 0 Å². The Kier molecular flexibility index (Phi) is 5.34. The Labute approximate surface area is 145 Å². The average molecular weight is 342 g/mol. The van der Waals surface area contributed by atoms with Crippen LogP contribution in [0.1, 0.15) is 11.1 Å². The number of halogens is 2. The summed E-state index contributed by atoms with van der Waals surface area (Å²) in [5.74, 6) is 0.545. The van der Waals surface area contributed by atoms with E-state index in [9.17, 15) is 4.39 Å². The van der Waals surface area contributed by atoms with Gasteiger partial charge >= 0.3 is 0 Å². The van der Waals surface area contributed by atoms with Crippen molar-refractivity contribution >= 4 is 17.3 Å². The van der Waals surface area contributed by atoms with Crippen molar-refractivity contribution in [3.63, 3.8) is 0 Å². The summed E-state index contributed by atoms with van der Waals surface area (Å²) in [5.41, 5.74) is 3.06. The molecule has 0 aliphatic carbocycles. The first-order valence-corrected chi connectivity index (χ1v) is 8.02. The second kappa shape index (κ2) is 7.84. The maximum atomic E-state index is 12.9. The van der Waals surface area contributed by atoms with E-state index in [-0.39, 0.29) is 5.82 Å². The molecule has 0 aromatic heterocycles. The van der Waals surface area contributed by atoms with Gasteiger partial charge in [-0.1, -0.05) is 35.9 Å². The minimum atomic E-state index is -0.242. The minimum Gasteiger partial charge on any atom is -0.489 e. The average Bonchev–Trinajstić information content (AvgIpc) is 2.61. The van der Waals surface area contributed by atoms with E-state index >= 15 is 0 Å². The zero-order valence-corrected chi connectivity index (χ0v) is 13.8. The molecule has 1 N–H and O–H groups in total. The van der Waals surface area contributed by atoms with Gasteiger partial charge in [-0.25, -0.2) is 4.39 Å². The van der Waals surface area contributed by atoms with Crippen molar-refractivity contribution in [1.29, 1.82) is 0 Å². The number of anilines is 1. The van der Waals surface area contributed by atoms with Gasteiger partial charge in [0, 0.05) is 17.3 Å². The van der Waals surface area contributed by atoms with E-state index < -0.39 is 0 Å². The van der Waals surface area contributed by atoms with Crippen molar-refractivity contribution in [3.8, 4) is 5.75 Å². The molecule has 0 spiro atoms. The Hall–Kier alpha value is -2.52. The van der Waals surface area contributed by atoms with E-state index in [1.165, 1.54) is 12.1 Å². The molecular weight excluding hydrogens is 325 g/mol. The topological polar surface area (TPSA) is 21.3 Å². The van der Waals surface area contributed by atoms with Crippen molar-refractivity contribution in [1.82, 2.24) is 0 Å². The Balaban J connectivity index is 1.57. The molecule has 0 amide bonds. The summed E-state index contributed by atoms with van der Waals surface area (Å²) in [6.07, 6.45) is 0. The summed E-state index contributed by atoms with van der Waals surface area (Å²) in [4.78, 5) is 0. The molecule has 0 aliphatic heterocycles. The Morgan fingerprint density at radius 3 is 2.38 bits per heavy atom. The third-order valence-electron chi connectivity index (χ3n) is 3.56. The molecule has 0 fully saturated rings. The minimum absolute atomic E-state index is 0.242. The number of hydrogen-bond acceptors (Lipinski definition) is 2. The van der Waals surface area contributed by atoms with Crippen molar-refractivity contribution < 1.29 is 9.13 Å². The van der Waals surface area contributed by atoms with Crippen LogP contribution in [0.15, 0.2) is 72.8 Å². The van der Waals surface area contributed by atoms with Crippen molar-refractivity contribution in [2.45, 2.75) is 13.2 Å². The van der Waals surface area contributed by atoms with Crippen LogP contribution in [0.5, 0.6) is 5.75 Å². The summed E-state index contributed by atoms with van der Waals surface area (Å²) in [5, 5.41) is 4.06. The highest BCUT2D eigenvalue weighted by Gasteiger charge is 2.00. The first-order chi connectivity index (χ1) is 11.7. The largest absolute Gasteiger partial charge is 0.489 e. The van der Waals surface area contributed by atoms with Gasteiger partial charge in [0.1, 0.15) is 18.2 Å². The van der Waals surface area contributed by atoms with Gasteiger partial charge in [0.25, 0.3) is 0 Å². The summed E-state index contributed by atoms with van der Waals surface area (Å²) in [7, 11) is 0. The molecule has 0 heterocycles.